The molecule has 0 saturated carbocycles. The lowest BCUT2D eigenvalue weighted by Crippen LogP contribution is -2.06. The Balaban J connectivity index is 2.30. The number of carbonyl (C=O) groups is 1. The summed E-state index contributed by atoms with van der Waals surface area (Å²) in [6.07, 6.45) is 6.31. The quantitative estimate of drug-likeness (QED) is 0.798. The van der Waals surface area contributed by atoms with Crippen molar-refractivity contribution < 1.29 is 13.9 Å². The van der Waals surface area contributed by atoms with E-state index < -0.39 is 5.97 Å². The summed E-state index contributed by atoms with van der Waals surface area (Å²) >= 11 is 0. The molecule has 0 radical (unpaired) electrons. The molecule has 1 heterocycles. The van der Waals surface area contributed by atoms with Crippen molar-refractivity contribution in [3.8, 4) is 0 Å². The van der Waals surface area contributed by atoms with Gasteiger partial charge in [-0.25, -0.2) is 9.18 Å². The number of carbonyl (C=O) groups excluding carboxylic acids is 1. The number of nitrogens with zero attached hydrogens (tertiary/aromatic N) is 1. The molecular weight excluding hydrogens is 257 g/mol. The van der Waals surface area contributed by atoms with Crippen molar-refractivity contribution in [1.82, 2.24) is 4.98 Å². The summed E-state index contributed by atoms with van der Waals surface area (Å²) in [6.45, 7) is 2.04. The fraction of sp³-hybridized carbons (Fsp3) is 0.125. The number of ether oxygens (including phenoxy) is 1. The highest BCUT2D eigenvalue weighted by molar-refractivity contribution is 5.94. The van der Waals surface area contributed by atoms with Crippen LogP contribution in [0.2, 0.25) is 0 Å². The second-order valence-corrected chi connectivity index (χ2v) is 4.04. The summed E-state index contributed by atoms with van der Waals surface area (Å²) < 4.78 is 18.5. The Bertz CT molecular complexity index is 638. The molecular formula is C16H14FNO2. The molecule has 0 unspecified atom stereocenters. The molecule has 2 aromatic rings. The van der Waals surface area contributed by atoms with Crippen LogP contribution in [-0.2, 0) is 4.74 Å². The molecule has 102 valence electrons. The Morgan fingerprint density at radius 1 is 1.25 bits per heavy atom. The minimum absolute atomic E-state index is 0.296. The Morgan fingerprint density at radius 2 is 2.00 bits per heavy atom. The molecule has 0 aliphatic heterocycles. The number of halogens is 1. The van der Waals surface area contributed by atoms with E-state index in [0.717, 1.165) is 0 Å². The first kappa shape index (κ1) is 13.9. The zero-order valence-electron chi connectivity index (χ0n) is 11.0. The van der Waals surface area contributed by atoms with Gasteiger partial charge >= 0.3 is 5.97 Å². The fourth-order valence-corrected chi connectivity index (χ4v) is 1.72. The molecule has 0 aliphatic carbocycles. The largest absolute Gasteiger partial charge is 0.462 e. The number of hydrogen-bond donors (Lipinski definition) is 0. The minimum atomic E-state index is -0.436. The van der Waals surface area contributed by atoms with E-state index in [9.17, 15) is 9.18 Å². The van der Waals surface area contributed by atoms with Gasteiger partial charge in [0.25, 0.3) is 0 Å². The van der Waals surface area contributed by atoms with E-state index in [2.05, 4.69) is 4.98 Å². The average molecular weight is 271 g/mol. The van der Waals surface area contributed by atoms with Crippen LogP contribution in [0.5, 0.6) is 0 Å². The summed E-state index contributed by atoms with van der Waals surface area (Å²) in [7, 11) is 0. The Hall–Kier alpha value is -2.49. The molecule has 0 saturated heterocycles. The predicted octanol–water partition coefficient (Wildman–Crippen LogP) is 3.57. The van der Waals surface area contributed by atoms with Gasteiger partial charge in [-0.15, -0.1) is 0 Å². The molecule has 20 heavy (non-hydrogen) atoms. The van der Waals surface area contributed by atoms with E-state index in [-0.39, 0.29) is 5.82 Å². The molecule has 2 rings (SSSR count). The molecule has 0 aliphatic rings. The third kappa shape index (κ3) is 3.29. The summed E-state index contributed by atoms with van der Waals surface area (Å²) in [5.74, 6) is -0.746. The van der Waals surface area contributed by atoms with E-state index in [1.165, 1.54) is 12.3 Å². The van der Waals surface area contributed by atoms with Crippen molar-refractivity contribution in [2.75, 3.05) is 6.61 Å². The number of pyridine rings is 1. The van der Waals surface area contributed by atoms with E-state index >= 15 is 0 Å². The number of aromatic nitrogens is 1. The zero-order chi connectivity index (χ0) is 14.4. The first-order valence-corrected chi connectivity index (χ1v) is 6.26. The van der Waals surface area contributed by atoms with Crippen LogP contribution in [0.4, 0.5) is 4.39 Å². The normalized spacial score (nSPS) is 10.7. The molecule has 4 heteroatoms. The molecule has 1 aromatic heterocycles. The highest BCUT2D eigenvalue weighted by atomic mass is 19.1. The van der Waals surface area contributed by atoms with Crippen molar-refractivity contribution in [3.05, 3.63) is 65.2 Å². The Labute approximate surface area is 116 Å². The molecule has 0 spiro atoms. The highest BCUT2D eigenvalue weighted by Crippen LogP contribution is 2.15. The third-order valence-corrected chi connectivity index (χ3v) is 2.70. The lowest BCUT2D eigenvalue weighted by molar-refractivity contribution is 0.0525. The van der Waals surface area contributed by atoms with Crippen molar-refractivity contribution >= 4 is 18.1 Å². The second kappa shape index (κ2) is 6.61. The van der Waals surface area contributed by atoms with E-state index in [1.54, 1.807) is 49.5 Å². The molecule has 0 atom stereocenters. The van der Waals surface area contributed by atoms with E-state index in [4.69, 9.17) is 4.74 Å². The fourth-order valence-electron chi connectivity index (χ4n) is 1.72. The van der Waals surface area contributed by atoms with Crippen molar-refractivity contribution in [2.45, 2.75) is 6.92 Å². The lowest BCUT2D eigenvalue weighted by Gasteiger charge is -2.04. The van der Waals surface area contributed by atoms with Crippen LogP contribution in [0, 0.1) is 5.82 Å². The smallest absolute Gasteiger partial charge is 0.340 e. The van der Waals surface area contributed by atoms with Gasteiger partial charge in [-0.2, -0.15) is 0 Å². The van der Waals surface area contributed by atoms with Gasteiger partial charge in [0.2, 0.25) is 0 Å². The maximum atomic E-state index is 13.5. The Kier molecular flexibility index (Phi) is 4.60. The van der Waals surface area contributed by atoms with Crippen LogP contribution in [0.3, 0.4) is 0 Å². The summed E-state index contributed by atoms with van der Waals surface area (Å²) in [4.78, 5) is 15.7. The van der Waals surface area contributed by atoms with Crippen LogP contribution in [0.15, 0.2) is 42.7 Å². The van der Waals surface area contributed by atoms with Crippen LogP contribution >= 0.6 is 0 Å². The topological polar surface area (TPSA) is 39.2 Å². The van der Waals surface area contributed by atoms with E-state index in [1.807, 2.05) is 0 Å². The standard InChI is InChI=1S/C16H14FNO2/c1-2-20-16(19)14-11-18-10-9-12(14)7-8-13-5-3-4-6-15(13)17/h3-11H,2H2,1H3. The first-order chi connectivity index (χ1) is 9.72. The highest BCUT2D eigenvalue weighted by Gasteiger charge is 2.10. The summed E-state index contributed by atoms with van der Waals surface area (Å²) in [6, 6.07) is 8.11. The molecule has 3 nitrogen and oxygen atoms in total. The SMILES string of the molecule is CCOC(=O)c1cnccc1C=Cc1ccccc1F. The van der Waals surface area contributed by atoms with Crippen LogP contribution in [0.1, 0.15) is 28.4 Å². The molecule has 0 bridgehead atoms. The van der Waals surface area contributed by atoms with Crippen LogP contribution < -0.4 is 0 Å². The van der Waals surface area contributed by atoms with Crippen LogP contribution in [0.25, 0.3) is 12.2 Å². The van der Waals surface area contributed by atoms with Gasteiger partial charge < -0.3 is 4.74 Å². The Morgan fingerprint density at radius 3 is 2.75 bits per heavy atom. The van der Waals surface area contributed by atoms with Crippen molar-refractivity contribution in [2.24, 2.45) is 0 Å². The maximum Gasteiger partial charge on any atom is 0.340 e. The number of esters is 1. The van der Waals surface area contributed by atoms with Crippen molar-refractivity contribution in [3.63, 3.8) is 0 Å². The van der Waals surface area contributed by atoms with Crippen LogP contribution in [-0.4, -0.2) is 17.6 Å². The van der Waals surface area contributed by atoms with Gasteiger partial charge in [0.1, 0.15) is 5.82 Å². The monoisotopic (exact) mass is 271 g/mol. The third-order valence-electron chi connectivity index (χ3n) is 2.70. The van der Waals surface area contributed by atoms with E-state index in [0.29, 0.717) is 23.3 Å². The van der Waals surface area contributed by atoms with Gasteiger partial charge in [-0.3, -0.25) is 4.98 Å². The van der Waals surface area contributed by atoms with Gasteiger partial charge in [0.05, 0.1) is 12.2 Å². The number of benzene rings is 1. The summed E-state index contributed by atoms with van der Waals surface area (Å²) in [5.41, 5.74) is 1.46. The minimum Gasteiger partial charge on any atom is -0.462 e. The molecule has 0 amide bonds. The van der Waals surface area contributed by atoms with Gasteiger partial charge in [0, 0.05) is 18.0 Å². The second-order valence-electron chi connectivity index (χ2n) is 4.04. The number of rotatable bonds is 4. The van der Waals surface area contributed by atoms with Gasteiger partial charge in [-0.1, -0.05) is 30.4 Å². The van der Waals surface area contributed by atoms with Gasteiger partial charge in [0.15, 0.2) is 0 Å². The van der Waals surface area contributed by atoms with Crippen molar-refractivity contribution in [1.29, 1.82) is 0 Å². The molecule has 0 fully saturated rings. The average Bonchev–Trinajstić information content (AvgIpc) is 2.47. The molecule has 1 aromatic carbocycles. The zero-order valence-corrected chi connectivity index (χ0v) is 11.0. The first-order valence-electron chi connectivity index (χ1n) is 6.26. The predicted molar refractivity (Wildman–Crippen MR) is 75.5 cm³/mol. The van der Waals surface area contributed by atoms with Gasteiger partial charge in [-0.05, 0) is 24.6 Å². The maximum absolute atomic E-state index is 13.5. The summed E-state index contributed by atoms with van der Waals surface area (Å²) in [5, 5.41) is 0. The lowest BCUT2D eigenvalue weighted by atomic mass is 10.1. The number of hydrogen-bond acceptors (Lipinski definition) is 3. The molecule has 0 N–H and O–H groups in total.